The molecular weight excluding hydrogens is 400 g/mol. The van der Waals surface area contributed by atoms with Crippen molar-refractivity contribution in [2.75, 3.05) is 13.2 Å². The lowest BCUT2D eigenvalue weighted by Crippen LogP contribution is -2.35. The molecule has 2 heterocycles. The highest BCUT2D eigenvalue weighted by Crippen LogP contribution is 2.27. The molecule has 0 atom stereocenters. The Balaban J connectivity index is 1.37. The van der Waals surface area contributed by atoms with Crippen molar-refractivity contribution in [3.8, 4) is 5.75 Å². The van der Waals surface area contributed by atoms with E-state index in [1.165, 1.54) is 22.0 Å². The topological polar surface area (TPSA) is 17.4 Å². The fourth-order valence-electron chi connectivity index (χ4n) is 4.41. The van der Waals surface area contributed by atoms with Gasteiger partial charge in [-0.25, -0.2) is 0 Å². The van der Waals surface area contributed by atoms with E-state index in [9.17, 15) is 0 Å². The lowest BCUT2D eigenvalue weighted by molar-refractivity contribution is 0.298. The first-order valence-electron chi connectivity index (χ1n) is 10.8. The molecule has 0 saturated heterocycles. The van der Waals surface area contributed by atoms with Gasteiger partial charge in [-0.3, -0.25) is 0 Å². The van der Waals surface area contributed by atoms with E-state index in [0.717, 1.165) is 47.9 Å². The third kappa shape index (κ3) is 3.96. The molecule has 3 aromatic carbocycles. The van der Waals surface area contributed by atoms with E-state index in [0.29, 0.717) is 6.61 Å². The Morgan fingerprint density at radius 2 is 1.68 bits per heavy atom. The van der Waals surface area contributed by atoms with E-state index in [1.54, 1.807) is 0 Å². The van der Waals surface area contributed by atoms with Gasteiger partial charge in [0.1, 0.15) is 17.3 Å². The molecule has 1 aliphatic rings. The molecule has 0 bridgehead atoms. The van der Waals surface area contributed by atoms with E-state index in [4.69, 9.17) is 17.0 Å². The van der Waals surface area contributed by atoms with Crippen molar-refractivity contribution in [1.29, 1.82) is 0 Å². The van der Waals surface area contributed by atoms with Gasteiger partial charge in [0, 0.05) is 35.8 Å². The minimum absolute atomic E-state index is 0.618. The molecule has 0 spiro atoms. The first-order valence-corrected chi connectivity index (χ1v) is 11.2. The van der Waals surface area contributed by atoms with Crippen LogP contribution in [-0.2, 0) is 19.5 Å². The molecule has 156 valence electrons. The zero-order chi connectivity index (χ0) is 21.2. The summed E-state index contributed by atoms with van der Waals surface area (Å²) in [6, 6.07) is 25.4. The molecule has 4 heteroatoms. The van der Waals surface area contributed by atoms with E-state index < -0.39 is 0 Å². The summed E-state index contributed by atoms with van der Waals surface area (Å²) in [6.07, 6.45) is 3.24. The summed E-state index contributed by atoms with van der Waals surface area (Å²) in [5.41, 5.74) is 6.32. The first-order chi connectivity index (χ1) is 15.2. The maximum absolute atomic E-state index is 6.05. The van der Waals surface area contributed by atoms with Crippen LogP contribution in [0.5, 0.6) is 5.75 Å². The largest absolute Gasteiger partial charge is 0.491 e. The van der Waals surface area contributed by atoms with Crippen LogP contribution in [0.2, 0.25) is 0 Å². The van der Waals surface area contributed by atoms with Crippen LogP contribution in [0, 0.1) is 6.92 Å². The quantitative estimate of drug-likeness (QED) is 0.378. The number of hydrogen-bond donors (Lipinski definition) is 0. The van der Waals surface area contributed by atoms with Gasteiger partial charge in [-0.2, -0.15) is 0 Å². The van der Waals surface area contributed by atoms with Crippen LogP contribution < -0.4 is 4.74 Å². The van der Waals surface area contributed by atoms with Gasteiger partial charge in [0.2, 0.25) is 0 Å². The Morgan fingerprint density at radius 3 is 2.55 bits per heavy atom. The lowest BCUT2D eigenvalue weighted by atomic mass is 9.99. The fourth-order valence-corrected chi connectivity index (χ4v) is 4.73. The number of thiocarbonyl (C=S) groups is 1. The standard InChI is InChI=1S/C27H26N2OS/c1-20-8-2-7-13-26(20)30-17-16-28-19-24(23-11-5-6-12-25(23)28)27(31)29-15-14-21-9-3-4-10-22(21)18-29/h2-13,19H,14-18H2,1H3. The van der Waals surface area contributed by atoms with Crippen LogP contribution in [0.15, 0.2) is 79.0 Å². The number of aryl methyl sites for hydroxylation is 1. The van der Waals surface area contributed by atoms with Gasteiger partial charge in [-0.1, -0.05) is 72.9 Å². The lowest BCUT2D eigenvalue weighted by Gasteiger charge is -2.30. The average molecular weight is 427 g/mol. The van der Waals surface area contributed by atoms with Crippen molar-refractivity contribution in [3.63, 3.8) is 0 Å². The summed E-state index contributed by atoms with van der Waals surface area (Å²) in [5.74, 6) is 0.946. The highest BCUT2D eigenvalue weighted by Gasteiger charge is 2.21. The number of nitrogens with zero attached hydrogens (tertiary/aromatic N) is 2. The van der Waals surface area contributed by atoms with Gasteiger partial charge < -0.3 is 14.2 Å². The number of ether oxygens (including phenoxy) is 1. The first kappa shape index (κ1) is 19.8. The molecule has 0 aliphatic carbocycles. The van der Waals surface area contributed by atoms with Gasteiger partial charge in [0.25, 0.3) is 0 Å². The highest BCUT2D eigenvalue weighted by atomic mass is 32.1. The molecule has 31 heavy (non-hydrogen) atoms. The number of rotatable bonds is 5. The second kappa shape index (κ2) is 8.56. The predicted octanol–water partition coefficient (Wildman–Crippen LogP) is 5.76. The smallest absolute Gasteiger partial charge is 0.122 e. The molecule has 1 aliphatic heterocycles. The van der Waals surface area contributed by atoms with E-state index in [1.807, 2.05) is 18.2 Å². The number of hydrogen-bond acceptors (Lipinski definition) is 2. The molecule has 0 saturated carbocycles. The minimum Gasteiger partial charge on any atom is -0.491 e. The Bertz CT molecular complexity index is 1240. The summed E-state index contributed by atoms with van der Waals surface area (Å²) in [6.45, 7) is 5.32. The minimum atomic E-state index is 0.618. The normalized spacial score (nSPS) is 13.3. The summed E-state index contributed by atoms with van der Waals surface area (Å²) < 4.78 is 8.32. The third-order valence-corrected chi connectivity index (χ3v) is 6.60. The molecular formula is C27H26N2OS. The van der Waals surface area contributed by atoms with Crippen molar-refractivity contribution in [2.45, 2.75) is 26.4 Å². The van der Waals surface area contributed by atoms with Crippen LogP contribution >= 0.6 is 12.2 Å². The number of fused-ring (bicyclic) bond motifs is 2. The molecule has 0 N–H and O–H groups in total. The molecule has 5 rings (SSSR count). The second-order valence-electron chi connectivity index (χ2n) is 8.11. The number of benzene rings is 3. The van der Waals surface area contributed by atoms with E-state index >= 15 is 0 Å². The molecule has 3 nitrogen and oxygen atoms in total. The zero-order valence-corrected chi connectivity index (χ0v) is 18.6. The van der Waals surface area contributed by atoms with Crippen LogP contribution in [0.3, 0.4) is 0 Å². The molecule has 0 amide bonds. The predicted molar refractivity (Wildman–Crippen MR) is 131 cm³/mol. The maximum Gasteiger partial charge on any atom is 0.122 e. The monoisotopic (exact) mass is 426 g/mol. The zero-order valence-electron chi connectivity index (χ0n) is 17.8. The SMILES string of the molecule is Cc1ccccc1OCCn1cc(C(=S)N2CCc3ccccc3C2)c2ccccc21. The fraction of sp³-hybridized carbons (Fsp3) is 0.222. The number of para-hydroxylation sites is 2. The van der Waals surface area contributed by atoms with E-state index in [-0.39, 0.29) is 0 Å². The van der Waals surface area contributed by atoms with Gasteiger partial charge >= 0.3 is 0 Å². The molecule has 4 aromatic rings. The Hall–Kier alpha value is -3.11. The average Bonchev–Trinajstić information content (AvgIpc) is 3.18. The molecule has 1 aromatic heterocycles. The second-order valence-corrected chi connectivity index (χ2v) is 8.50. The van der Waals surface area contributed by atoms with Crippen LogP contribution in [-0.4, -0.2) is 27.6 Å². The van der Waals surface area contributed by atoms with Crippen LogP contribution in [0.1, 0.15) is 22.3 Å². The van der Waals surface area contributed by atoms with Gasteiger partial charge in [-0.15, -0.1) is 0 Å². The van der Waals surface area contributed by atoms with Gasteiger partial charge in [0.15, 0.2) is 0 Å². The number of aromatic nitrogens is 1. The van der Waals surface area contributed by atoms with Crippen molar-refractivity contribution in [3.05, 3.63) is 101 Å². The highest BCUT2D eigenvalue weighted by molar-refractivity contribution is 7.80. The molecule has 0 radical (unpaired) electrons. The van der Waals surface area contributed by atoms with Crippen molar-refractivity contribution in [1.82, 2.24) is 9.47 Å². The summed E-state index contributed by atoms with van der Waals surface area (Å²) in [4.78, 5) is 3.28. The molecule has 0 fully saturated rings. The van der Waals surface area contributed by atoms with Gasteiger partial charge in [-0.05, 0) is 42.2 Å². The Labute approximate surface area is 188 Å². The third-order valence-electron chi connectivity index (χ3n) is 6.12. The van der Waals surface area contributed by atoms with Crippen molar-refractivity contribution in [2.24, 2.45) is 0 Å². The Morgan fingerprint density at radius 1 is 0.935 bits per heavy atom. The summed E-state index contributed by atoms with van der Waals surface area (Å²) >= 11 is 6.00. The van der Waals surface area contributed by atoms with Gasteiger partial charge in [0.05, 0.1) is 6.54 Å². The Kier molecular flexibility index (Phi) is 5.47. The van der Waals surface area contributed by atoms with E-state index in [2.05, 4.69) is 77.2 Å². The maximum atomic E-state index is 6.05. The van der Waals surface area contributed by atoms with Crippen molar-refractivity contribution < 1.29 is 4.74 Å². The summed E-state index contributed by atoms with van der Waals surface area (Å²) in [5, 5.41) is 1.21. The summed E-state index contributed by atoms with van der Waals surface area (Å²) in [7, 11) is 0. The molecule has 0 unspecified atom stereocenters. The van der Waals surface area contributed by atoms with Crippen LogP contribution in [0.4, 0.5) is 0 Å². The van der Waals surface area contributed by atoms with Crippen LogP contribution in [0.25, 0.3) is 10.9 Å². The van der Waals surface area contributed by atoms with Crippen molar-refractivity contribution >= 4 is 28.1 Å².